The highest BCUT2D eigenvalue weighted by atomic mass is 16.4. The predicted molar refractivity (Wildman–Crippen MR) is 110 cm³/mol. The molecule has 0 atom stereocenters. The van der Waals surface area contributed by atoms with Crippen molar-refractivity contribution in [2.45, 2.75) is 37.8 Å². The number of fused-ring (bicyclic) bond motifs is 1. The topological polar surface area (TPSA) is 146 Å². The number of carbonyl (C=O) groups excluding carboxylic acids is 1. The molecule has 2 aliphatic rings. The smallest absolute Gasteiger partial charge is 0.306 e. The number of hydrogen-bond donors (Lipinski definition) is 3. The fourth-order valence-electron chi connectivity index (χ4n) is 3.66. The number of amides is 1. The normalized spacial score (nSPS) is 20.0. The lowest BCUT2D eigenvalue weighted by Crippen LogP contribution is -2.46. The number of nitrogens with one attached hydrogen (secondary N) is 2. The Hall–Kier alpha value is -4.00. The number of anilines is 1. The maximum Gasteiger partial charge on any atom is 0.306 e. The quantitative estimate of drug-likeness (QED) is 0.551. The Morgan fingerprint density at radius 3 is 2.65 bits per heavy atom. The molecule has 0 bridgehead atoms. The van der Waals surface area contributed by atoms with Crippen molar-refractivity contribution in [3.05, 3.63) is 41.9 Å². The summed E-state index contributed by atoms with van der Waals surface area (Å²) < 4.78 is 1.57. The molecule has 0 aliphatic heterocycles. The van der Waals surface area contributed by atoms with E-state index in [0.29, 0.717) is 47.2 Å². The van der Waals surface area contributed by atoms with Crippen LogP contribution in [0.4, 0.5) is 5.69 Å². The highest BCUT2D eigenvalue weighted by Crippen LogP contribution is 2.30. The fraction of sp³-hybridized carbons (Fsp3) is 0.333. The molecule has 10 heteroatoms. The Labute approximate surface area is 176 Å². The first-order chi connectivity index (χ1) is 15.0. The van der Waals surface area contributed by atoms with Crippen molar-refractivity contribution in [3.8, 4) is 11.9 Å². The van der Waals surface area contributed by atoms with Gasteiger partial charge in [0.25, 0.3) is 5.91 Å². The molecule has 0 radical (unpaired) electrons. The summed E-state index contributed by atoms with van der Waals surface area (Å²) in [6.07, 6.45) is 7.54. The molecule has 1 amide bonds. The van der Waals surface area contributed by atoms with Gasteiger partial charge < -0.3 is 15.7 Å². The van der Waals surface area contributed by atoms with Crippen LogP contribution in [0.25, 0.3) is 16.9 Å². The van der Waals surface area contributed by atoms with Crippen molar-refractivity contribution in [2.75, 3.05) is 5.32 Å². The van der Waals surface area contributed by atoms with E-state index in [4.69, 9.17) is 10.4 Å². The van der Waals surface area contributed by atoms with Crippen LogP contribution < -0.4 is 10.6 Å². The molecule has 3 N–H and O–H groups in total. The number of carboxylic acids is 1. The zero-order valence-electron chi connectivity index (χ0n) is 16.4. The molecular formula is C21H19N7O3. The van der Waals surface area contributed by atoms with Gasteiger partial charge in [-0.3, -0.25) is 9.59 Å². The van der Waals surface area contributed by atoms with Crippen molar-refractivity contribution in [2.24, 2.45) is 5.92 Å². The third-order valence-electron chi connectivity index (χ3n) is 5.65. The molecular weight excluding hydrogens is 398 g/mol. The van der Waals surface area contributed by atoms with Crippen LogP contribution in [0.1, 0.15) is 41.6 Å². The number of aliphatic carboxylic acids is 1. The number of carbonyl (C=O) groups is 2. The van der Waals surface area contributed by atoms with Gasteiger partial charge in [-0.1, -0.05) is 0 Å². The van der Waals surface area contributed by atoms with E-state index in [1.807, 2.05) is 0 Å². The second-order valence-electron chi connectivity index (χ2n) is 7.99. The lowest BCUT2D eigenvalue weighted by Gasteiger charge is -2.33. The molecule has 0 saturated heterocycles. The monoisotopic (exact) mass is 417 g/mol. The third-order valence-corrected chi connectivity index (χ3v) is 5.65. The lowest BCUT2D eigenvalue weighted by molar-refractivity contribution is -0.145. The highest BCUT2D eigenvalue weighted by molar-refractivity contribution is 6.00. The molecule has 2 saturated carbocycles. The van der Waals surface area contributed by atoms with Crippen molar-refractivity contribution in [1.29, 1.82) is 5.26 Å². The average molecular weight is 417 g/mol. The zero-order valence-corrected chi connectivity index (χ0v) is 16.4. The molecule has 0 aromatic carbocycles. The SMILES string of the molecule is N#Cc1cnc2c(cnn2-c2cc(NC3CC3)c(C(=O)NC3CC(C(=O)O)C3)cn2)c1. The summed E-state index contributed by atoms with van der Waals surface area (Å²) in [6.45, 7) is 0. The molecule has 0 unspecified atom stereocenters. The average Bonchev–Trinajstić information content (AvgIpc) is 3.45. The molecule has 3 aromatic heterocycles. The molecule has 10 nitrogen and oxygen atoms in total. The summed E-state index contributed by atoms with van der Waals surface area (Å²) in [5.41, 5.74) is 2.07. The molecule has 0 spiro atoms. The van der Waals surface area contributed by atoms with E-state index in [1.54, 1.807) is 23.0 Å². The van der Waals surface area contributed by atoms with E-state index in [1.165, 1.54) is 12.4 Å². The largest absolute Gasteiger partial charge is 0.481 e. The van der Waals surface area contributed by atoms with E-state index in [2.05, 4.69) is 31.8 Å². The van der Waals surface area contributed by atoms with Gasteiger partial charge in [-0.15, -0.1) is 0 Å². The summed E-state index contributed by atoms with van der Waals surface area (Å²) in [7, 11) is 0. The van der Waals surface area contributed by atoms with E-state index in [0.717, 1.165) is 18.2 Å². The zero-order chi connectivity index (χ0) is 21.5. The number of hydrogen-bond acceptors (Lipinski definition) is 7. The molecule has 156 valence electrons. The van der Waals surface area contributed by atoms with E-state index in [9.17, 15) is 9.59 Å². The van der Waals surface area contributed by atoms with Crippen molar-refractivity contribution < 1.29 is 14.7 Å². The minimum absolute atomic E-state index is 0.143. The molecule has 5 rings (SSSR count). The van der Waals surface area contributed by atoms with Gasteiger partial charge in [0.05, 0.1) is 28.9 Å². The Morgan fingerprint density at radius 2 is 1.94 bits per heavy atom. The van der Waals surface area contributed by atoms with Crippen molar-refractivity contribution in [1.82, 2.24) is 25.1 Å². The fourth-order valence-corrected chi connectivity index (χ4v) is 3.66. The minimum atomic E-state index is -0.824. The lowest BCUT2D eigenvalue weighted by atomic mass is 9.80. The number of nitrogens with zero attached hydrogens (tertiary/aromatic N) is 5. The maximum absolute atomic E-state index is 12.8. The van der Waals surface area contributed by atoms with Gasteiger partial charge in [0, 0.05) is 35.9 Å². The summed E-state index contributed by atoms with van der Waals surface area (Å²) in [5, 5.41) is 29.4. The first kappa shape index (κ1) is 19.0. The van der Waals surface area contributed by atoms with Crippen molar-refractivity contribution >= 4 is 28.6 Å². The second-order valence-corrected chi connectivity index (χ2v) is 7.99. The summed E-state index contributed by atoms with van der Waals surface area (Å²) in [6, 6.07) is 5.70. The number of nitriles is 1. The Morgan fingerprint density at radius 1 is 1.13 bits per heavy atom. The number of pyridine rings is 2. The van der Waals surface area contributed by atoms with Gasteiger partial charge >= 0.3 is 5.97 Å². The van der Waals surface area contributed by atoms with Crippen LogP contribution in [0.5, 0.6) is 0 Å². The first-order valence-corrected chi connectivity index (χ1v) is 10.1. The molecule has 2 aliphatic carbocycles. The van der Waals surface area contributed by atoms with Gasteiger partial charge in [-0.25, -0.2) is 9.97 Å². The third kappa shape index (κ3) is 3.66. The molecule has 3 aromatic rings. The number of carboxylic acid groups (broad SMARTS) is 1. The highest BCUT2D eigenvalue weighted by Gasteiger charge is 2.36. The Kier molecular flexibility index (Phi) is 4.51. The van der Waals surface area contributed by atoms with E-state index >= 15 is 0 Å². The predicted octanol–water partition coefficient (Wildman–Crippen LogP) is 1.85. The standard InChI is InChI=1S/C21H19N7O3/c22-7-11-3-13-9-25-28(19(13)24-8-11)18-6-17(26-14-1-2-14)16(10-23-18)20(29)27-15-4-12(5-15)21(30)31/h3,6,8-10,12,14-15H,1-2,4-5H2,(H,23,26)(H,27,29)(H,30,31). The summed E-state index contributed by atoms with van der Waals surface area (Å²) in [4.78, 5) is 32.5. The van der Waals surface area contributed by atoms with E-state index in [-0.39, 0.29) is 11.9 Å². The molecule has 3 heterocycles. The number of aromatic nitrogens is 4. The number of rotatable bonds is 6. The Bertz CT molecular complexity index is 1240. The van der Waals surface area contributed by atoms with Gasteiger partial charge in [0.2, 0.25) is 0 Å². The van der Waals surface area contributed by atoms with Gasteiger partial charge in [-0.05, 0) is 31.7 Å². The van der Waals surface area contributed by atoms with Crippen LogP contribution in [-0.2, 0) is 4.79 Å². The van der Waals surface area contributed by atoms with E-state index < -0.39 is 11.9 Å². The van der Waals surface area contributed by atoms with Gasteiger partial charge in [0.15, 0.2) is 11.5 Å². The molecule has 2 fully saturated rings. The second kappa shape index (κ2) is 7.36. The summed E-state index contributed by atoms with van der Waals surface area (Å²) >= 11 is 0. The van der Waals surface area contributed by atoms with Crippen LogP contribution in [0, 0.1) is 17.2 Å². The summed E-state index contributed by atoms with van der Waals surface area (Å²) in [5.74, 6) is -0.994. The first-order valence-electron chi connectivity index (χ1n) is 10.1. The van der Waals surface area contributed by atoms with Gasteiger partial charge in [0.1, 0.15) is 6.07 Å². The van der Waals surface area contributed by atoms with Crippen LogP contribution in [0.3, 0.4) is 0 Å². The minimum Gasteiger partial charge on any atom is -0.481 e. The van der Waals surface area contributed by atoms with Crippen LogP contribution in [0.15, 0.2) is 30.7 Å². The van der Waals surface area contributed by atoms with Crippen molar-refractivity contribution in [3.63, 3.8) is 0 Å². The Balaban J connectivity index is 1.43. The van der Waals surface area contributed by atoms with Crippen LogP contribution in [-0.4, -0.2) is 48.8 Å². The van der Waals surface area contributed by atoms with Crippen LogP contribution >= 0.6 is 0 Å². The molecule has 31 heavy (non-hydrogen) atoms. The van der Waals surface area contributed by atoms with Crippen LogP contribution in [0.2, 0.25) is 0 Å². The maximum atomic E-state index is 12.8. The van der Waals surface area contributed by atoms with Gasteiger partial charge in [-0.2, -0.15) is 15.0 Å².